The number of aliphatic hydroxyl groups is 2. The van der Waals surface area contributed by atoms with Crippen LogP contribution < -0.4 is 5.32 Å². The van der Waals surface area contributed by atoms with Gasteiger partial charge in [-0.3, -0.25) is 4.79 Å². The summed E-state index contributed by atoms with van der Waals surface area (Å²) in [6.07, 6.45) is 10.4. The molecular formula is C30H45NO6. The van der Waals surface area contributed by atoms with Crippen molar-refractivity contribution >= 4 is 11.9 Å². The predicted octanol–water partition coefficient (Wildman–Crippen LogP) is 4.84. The van der Waals surface area contributed by atoms with Gasteiger partial charge in [-0.05, 0) is 117 Å². The lowest BCUT2D eigenvalue weighted by Gasteiger charge is -2.62. The lowest BCUT2D eigenvalue weighted by Crippen LogP contribution is -2.58. The molecule has 0 spiro atoms. The SMILES string of the molecule is COC(=O)c1ccc(CNC(=O)CCCC2CCC3C4C(O)CC5C[C@H](O)CCC5(C)C4CCC23C)o1. The van der Waals surface area contributed by atoms with E-state index in [1.54, 1.807) is 12.1 Å². The largest absolute Gasteiger partial charge is 0.463 e. The number of fused-ring (bicyclic) bond motifs is 5. The number of rotatable bonds is 7. The summed E-state index contributed by atoms with van der Waals surface area (Å²) in [5.41, 5.74) is 0.501. The zero-order valence-corrected chi connectivity index (χ0v) is 22.7. The fourth-order valence-corrected chi connectivity index (χ4v) is 9.25. The number of amides is 1. The van der Waals surface area contributed by atoms with Gasteiger partial charge in [0.1, 0.15) is 5.76 Å². The second kappa shape index (κ2) is 10.4. The molecule has 9 atom stereocenters. The highest BCUT2D eigenvalue weighted by Gasteiger charge is 2.62. The van der Waals surface area contributed by atoms with Crippen molar-refractivity contribution in [3.05, 3.63) is 23.7 Å². The molecule has 8 unspecified atom stereocenters. The van der Waals surface area contributed by atoms with E-state index in [0.717, 1.165) is 38.5 Å². The summed E-state index contributed by atoms with van der Waals surface area (Å²) in [4.78, 5) is 24.0. The molecule has 0 bridgehead atoms. The van der Waals surface area contributed by atoms with Gasteiger partial charge in [-0.1, -0.05) is 13.8 Å². The number of ether oxygens (including phenoxy) is 1. The van der Waals surface area contributed by atoms with Gasteiger partial charge in [0.15, 0.2) is 0 Å². The van der Waals surface area contributed by atoms with E-state index in [1.165, 1.54) is 32.8 Å². The van der Waals surface area contributed by atoms with Gasteiger partial charge in [0, 0.05) is 6.42 Å². The van der Waals surface area contributed by atoms with E-state index in [-0.39, 0.29) is 41.3 Å². The lowest BCUT2D eigenvalue weighted by atomic mass is 9.44. The van der Waals surface area contributed by atoms with Crippen LogP contribution in [0, 0.1) is 40.4 Å². The van der Waals surface area contributed by atoms with Crippen molar-refractivity contribution in [2.75, 3.05) is 7.11 Å². The Labute approximate surface area is 220 Å². The first-order valence-corrected chi connectivity index (χ1v) is 14.5. The number of hydrogen-bond donors (Lipinski definition) is 3. The zero-order chi connectivity index (χ0) is 26.4. The van der Waals surface area contributed by atoms with E-state index >= 15 is 0 Å². The van der Waals surface area contributed by atoms with Crippen LogP contribution in [0.2, 0.25) is 0 Å². The third-order valence-electron chi connectivity index (χ3n) is 11.3. The normalized spacial score (nSPS) is 40.8. The van der Waals surface area contributed by atoms with Crippen molar-refractivity contribution in [3.63, 3.8) is 0 Å². The predicted molar refractivity (Wildman–Crippen MR) is 138 cm³/mol. The molecule has 1 aromatic heterocycles. The van der Waals surface area contributed by atoms with Gasteiger partial charge in [-0.25, -0.2) is 4.79 Å². The number of esters is 1. The monoisotopic (exact) mass is 515 g/mol. The Bertz CT molecular complexity index is 990. The van der Waals surface area contributed by atoms with Crippen molar-refractivity contribution in [2.24, 2.45) is 40.4 Å². The average molecular weight is 516 g/mol. The summed E-state index contributed by atoms with van der Waals surface area (Å²) in [7, 11) is 1.31. The van der Waals surface area contributed by atoms with Gasteiger partial charge in [-0.15, -0.1) is 0 Å². The van der Waals surface area contributed by atoms with E-state index < -0.39 is 5.97 Å². The lowest BCUT2D eigenvalue weighted by molar-refractivity contribution is -0.172. The molecule has 7 heteroatoms. The van der Waals surface area contributed by atoms with Crippen LogP contribution in [-0.2, 0) is 16.1 Å². The quantitative estimate of drug-likeness (QED) is 0.448. The number of hydrogen-bond acceptors (Lipinski definition) is 6. The van der Waals surface area contributed by atoms with Crippen molar-refractivity contribution < 1.29 is 29.0 Å². The maximum absolute atomic E-state index is 12.5. The molecule has 37 heavy (non-hydrogen) atoms. The third kappa shape index (κ3) is 4.87. The Morgan fingerprint density at radius 2 is 1.81 bits per heavy atom. The standard InChI is InChI=1S/C30H45NO6/c1-29-14-12-23-27(24(33)16-19-15-20(32)11-13-30(19,23)2)22(29)9-7-18(29)5-4-6-26(34)31-17-21-8-10-25(37-21)28(35)36-3/h8,10,18-20,22-24,27,32-33H,4-7,9,11-17H2,1-3H3,(H,31,34)/t18?,19?,20-,22?,23?,24?,27?,29?,30?/m1/s1. The molecule has 5 rings (SSSR count). The fraction of sp³-hybridized carbons (Fsp3) is 0.800. The Kier molecular flexibility index (Phi) is 7.49. The number of carbonyl (C=O) groups excluding carboxylic acids is 2. The molecule has 4 fully saturated rings. The molecule has 0 saturated heterocycles. The first kappa shape index (κ1) is 26.7. The summed E-state index contributed by atoms with van der Waals surface area (Å²) >= 11 is 0. The van der Waals surface area contributed by atoms with E-state index in [1.807, 2.05) is 0 Å². The molecule has 1 aromatic rings. The van der Waals surface area contributed by atoms with Gasteiger partial charge < -0.3 is 24.7 Å². The molecule has 1 amide bonds. The number of carbonyl (C=O) groups is 2. The molecule has 3 N–H and O–H groups in total. The van der Waals surface area contributed by atoms with Gasteiger partial charge >= 0.3 is 5.97 Å². The van der Waals surface area contributed by atoms with Gasteiger partial charge in [0.25, 0.3) is 0 Å². The summed E-state index contributed by atoms with van der Waals surface area (Å²) in [6, 6.07) is 3.24. The van der Waals surface area contributed by atoms with Crippen LogP contribution in [0.5, 0.6) is 0 Å². The first-order chi connectivity index (χ1) is 17.7. The molecule has 4 aliphatic carbocycles. The second-order valence-corrected chi connectivity index (χ2v) is 13.0. The van der Waals surface area contributed by atoms with Crippen molar-refractivity contribution in [2.45, 2.75) is 103 Å². The minimum absolute atomic E-state index is 0.000539. The topological polar surface area (TPSA) is 109 Å². The van der Waals surface area contributed by atoms with Crippen LogP contribution in [0.25, 0.3) is 0 Å². The second-order valence-electron chi connectivity index (χ2n) is 13.0. The molecule has 1 heterocycles. The maximum atomic E-state index is 12.5. The van der Waals surface area contributed by atoms with Crippen LogP contribution in [-0.4, -0.2) is 41.4 Å². The zero-order valence-electron chi connectivity index (χ0n) is 22.7. The molecule has 0 aliphatic heterocycles. The minimum Gasteiger partial charge on any atom is -0.463 e. The van der Waals surface area contributed by atoms with Crippen molar-refractivity contribution in [3.8, 4) is 0 Å². The molecule has 0 radical (unpaired) electrons. The molecular weight excluding hydrogens is 470 g/mol. The summed E-state index contributed by atoms with van der Waals surface area (Å²) in [5.74, 6) is 2.70. The van der Waals surface area contributed by atoms with Gasteiger partial charge in [0.2, 0.25) is 11.7 Å². The molecule has 206 valence electrons. The number of furan rings is 1. The third-order valence-corrected chi connectivity index (χ3v) is 11.3. The molecule has 4 aliphatic rings. The average Bonchev–Trinajstić information content (AvgIpc) is 3.48. The fourth-order valence-electron chi connectivity index (χ4n) is 9.25. The molecule has 0 aromatic carbocycles. The van der Waals surface area contributed by atoms with Crippen LogP contribution in [0.15, 0.2) is 16.5 Å². The highest BCUT2D eigenvalue weighted by atomic mass is 16.5. The smallest absolute Gasteiger partial charge is 0.373 e. The Morgan fingerprint density at radius 1 is 1.05 bits per heavy atom. The summed E-state index contributed by atoms with van der Waals surface area (Å²) in [5, 5.41) is 24.6. The van der Waals surface area contributed by atoms with E-state index in [2.05, 4.69) is 23.9 Å². The van der Waals surface area contributed by atoms with E-state index in [0.29, 0.717) is 41.8 Å². The minimum atomic E-state index is -0.526. The van der Waals surface area contributed by atoms with Crippen LogP contribution in [0.1, 0.15) is 101 Å². The Hall–Kier alpha value is -1.86. The van der Waals surface area contributed by atoms with Crippen LogP contribution in [0.3, 0.4) is 0 Å². The maximum Gasteiger partial charge on any atom is 0.373 e. The Morgan fingerprint density at radius 3 is 2.59 bits per heavy atom. The van der Waals surface area contributed by atoms with Crippen molar-refractivity contribution in [1.82, 2.24) is 5.32 Å². The summed E-state index contributed by atoms with van der Waals surface area (Å²) in [6.45, 7) is 5.18. The molecule has 7 nitrogen and oxygen atoms in total. The van der Waals surface area contributed by atoms with Crippen LogP contribution in [0.4, 0.5) is 0 Å². The van der Waals surface area contributed by atoms with Crippen LogP contribution >= 0.6 is 0 Å². The number of methoxy groups -OCH3 is 1. The highest BCUT2D eigenvalue weighted by Crippen LogP contribution is 2.67. The van der Waals surface area contributed by atoms with Gasteiger partial charge in [0.05, 0.1) is 25.9 Å². The van der Waals surface area contributed by atoms with Crippen molar-refractivity contribution in [1.29, 1.82) is 0 Å². The highest BCUT2D eigenvalue weighted by molar-refractivity contribution is 5.86. The molecule has 4 saturated carbocycles. The van der Waals surface area contributed by atoms with E-state index in [4.69, 9.17) is 4.42 Å². The summed E-state index contributed by atoms with van der Waals surface area (Å²) < 4.78 is 10.1. The number of aliphatic hydroxyl groups excluding tert-OH is 2. The number of nitrogens with one attached hydrogen (secondary N) is 1. The Balaban J connectivity index is 1.14. The van der Waals surface area contributed by atoms with E-state index in [9.17, 15) is 19.8 Å². The van der Waals surface area contributed by atoms with Gasteiger partial charge in [-0.2, -0.15) is 0 Å². The first-order valence-electron chi connectivity index (χ1n) is 14.5.